The summed E-state index contributed by atoms with van der Waals surface area (Å²) in [5, 5.41) is 21.4. The van der Waals surface area contributed by atoms with Crippen LogP contribution in [0.1, 0.15) is 20.7 Å². The molecule has 21 heavy (non-hydrogen) atoms. The van der Waals surface area contributed by atoms with E-state index in [0.29, 0.717) is 5.69 Å². The maximum Gasteiger partial charge on any atom is 0.337 e. The summed E-state index contributed by atoms with van der Waals surface area (Å²) in [5.74, 6) is -2.18. The van der Waals surface area contributed by atoms with Crippen molar-refractivity contribution in [2.24, 2.45) is 0 Å². The minimum Gasteiger partial charge on any atom is -0.507 e. The molecule has 0 spiro atoms. The van der Waals surface area contributed by atoms with E-state index in [2.05, 4.69) is 5.32 Å². The summed E-state index contributed by atoms with van der Waals surface area (Å²) in [6, 6.07) is 8.02. The van der Waals surface area contributed by atoms with E-state index < -0.39 is 11.9 Å². The summed E-state index contributed by atoms with van der Waals surface area (Å²) in [4.78, 5) is 23.2. The molecule has 0 aliphatic rings. The molecule has 0 saturated carbocycles. The highest BCUT2D eigenvalue weighted by molar-refractivity contribution is 6.31. The molecule has 2 aromatic carbocycles. The molecule has 0 aliphatic carbocycles. The van der Waals surface area contributed by atoms with Crippen LogP contribution in [0.5, 0.6) is 5.75 Å². The minimum atomic E-state index is -1.20. The van der Waals surface area contributed by atoms with Crippen LogP contribution >= 0.6 is 11.6 Å². The molecule has 7 heteroatoms. The maximum atomic E-state index is 12.1. The number of hydrogen-bond donors (Lipinski definition) is 4. The first-order chi connectivity index (χ1) is 9.88. The number of phenols is 1. The van der Waals surface area contributed by atoms with E-state index >= 15 is 0 Å². The predicted octanol–water partition coefficient (Wildman–Crippen LogP) is 2.58. The van der Waals surface area contributed by atoms with Crippen molar-refractivity contribution in [3.05, 3.63) is 52.5 Å². The van der Waals surface area contributed by atoms with Crippen molar-refractivity contribution in [3.63, 3.8) is 0 Å². The Morgan fingerprint density at radius 1 is 1.10 bits per heavy atom. The molecule has 1 amide bonds. The smallest absolute Gasteiger partial charge is 0.337 e. The quantitative estimate of drug-likeness (QED) is 0.651. The monoisotopic (exact) mass is 306 g/mol. The lowest BCUT2D eigenvalue weighted by atomic mass is 10.1. The van der Waals surface area contributed by atoms with Crippen molar-refractivity contribution in [1.82, 2.24) is 0 Å². The predicted molar refractivity (Wildman–Crippen MR) is 78.9 cm³/mol. The summed E-state index contributed by atoms with van der Waals surface area (Å²) in [6.07, 6.45) is 0. The van der Waals surface area contributed by atoms with E-state index in [9.17, 15) is 14.7 Å². The Morgan fingerprint density at radius 2 is 1.76 bits per heavy atom. The van der Waals surface area contributed by atoms with Crippen LogP contribution in [0.2, 0.25) is 5.02 Å². The third kappa shape index (κ3) is 3.24. The van der Waals surface area contributed by atoms with Gasteiger partial charge in [0.15, 0.2) is 0 Å². The number of halogens is 1. The van der Waals surface area contributed by atoms with Crippen molar-refractivity contribution in [1.29, 1.82) is 0 Å². The van der Waals surface area contributed by atoms with Crippen molar-refractivity contribution >= 4 is 34.9 Å². The number of nitrogens with one attached hydrogen (secondary N) is 1. The summed E-state index contributed by atoms with van der Waals surface area (Å²) in [5.41, 5.74) is 5.79. The lowest BCUT2D eigenvalue weighted by Gasteiger charge is -2.10. The Kier molecular flexibility index (Phi) is 4.00. The Balaban J connectivity index is 2.35. The van der Waals surface area contributed by atoms with Crippen LogP contribution in [0.3, 0.4) is 0 Å². The highest BCUT2D eigenvalue weighted by Gasteiger charge is 2.16. The molecule has 0 saturated heterocycles. The summed E-state index contributed by atoms with van der Waals surface area (Å²) >= 11 is 5.68. The fraction of sp³-hybridized carbons (Fsp3) is 0. The number of hydrogen-bond acceptors (Lipinski definition) is 4. The van der Waals surface area contributed by atoms with Gasteiger partial charge in [-0.3, -0.25) is 4.79 Å². The van der Waals surface area contributed by atoms with Gasteiger partial charge >= 0.3 is 5.97 Å². The van der Waals surface area contributed by atoms with Crippen molar-refractivity contribution in [2.45, 2.75) is 0 Å². The molecule has 5 N–H and O–H groups in total. The highest BCUT2D eigenvalue weighted by atomic mass is 35.5. The van der Waals surface area contributed by atoms with Gasteiger partial charge in [0.2, 0.25) is 0 Å². The lowest BCUT2D eigenvalue weighted by molar-refractivity contribution is 0.0698. The first kappa shape index (κ1) is 14.7. The average Bonchev–Trinajstić information content (AvgIpc) is 2.37. The summed E-state index contributed by atoms with van der Waals surface area (Å²) in [6.45, 7) is 0. The second-order valence-corrected chi connectivity index (χ2v) is 4.66. The molecule has 0 fully saturated rings. The number of amides is 1. The standard InChI is InChI=1S/C14H11ClN2O4/c15-7-1-3-10(12(18)5-7)13(19)17-11-6-8(16)2-4-9(11)14(20)21/h1-6,18H,16H2,(H,17,19)(H,20,21). The number of carboxylic acids is 1. The largest absolute Gasteiger partial charge is 0.507 e. The Hall–Kier alpha value is -2.73. The highest BCUT2D eigenvalue weighted by Crippen LogP contribution is 2.25. The van der Waals surface area contributed by atoms with E-state index in [0.717, 1.165) is 0 Å². The van der Waals surface area contributed by atoms with Gasteiger partial charge < -0.3 is 21.3 Å². The topological polar surface area (TPSA) is 113 Å². The van der Waals surface area contributed by atoms with E-state index in [1.807, 2.05) is 0 Å². The van der Waals surface area contributed by atoms with Gasteiger partial charge in [-0.15, -0.1) is 0 Å². The van der Waals surface area contributed by atoms with Crippen molar-refractivity contribution in [2.75, 3.05) is 11.1 Å². The van der Waals surface area contributed by atoms with Crippen LogP contribution < -0.4 is 11.1 Å². The first-order valence-electron chi connectivity index (χ1n) is 5.81. The molecule has 2 aromatic rings. The maximum absolute atomic E-state index is 12.1. The molecule has 108 valence electrons. The van der Waals surface area contributed by atoms with Gasteiger partial charge in [-0.1, -0.05) is 11.6 Å². The zero-order chi connectivity index (χ0) is 15.6. The summed E-state index contributed by atoms with van der Waals surface area (Å²) in [7, 11) is 0. The van der Waals surface area contributed by atoms with E-state index in [1.165, 1.54) is 36.4 Å². The van der Waals surface area contributed by atoms with E-state index in [-0.39, 0.29) is 27.6 Å². The number of nitrogens with two attached hydrogens (primary N) is 1. The second kappa shape index (κ2) is 5.72. The fourth-order valence-electron chi connectivity index (χ4n) is 1.74. The SMILES string of the molecule is Nc1ccc(C(=O)O)c(NC(=O)c2ccc(Cl)cc2O)c1. The average molecular weight is 307 g/mol. The normalized spacial score (nSPS) is 10.1. The fourth-order valence-corrected chi connectivity index (χ4v) is 1.90. The number of benzene rings is 2. The number of carbonyl (C=O) groups excluding carboxylic acids is 1. The molecule has 0 unspecified atom stereocenters. The van der Waals surface area contributed by atoms with E-state index in [1.54, 1.807) is 0 Å². The van der Waals surface area contributed by atoms with Gasteiger partial charge in [-0.2, -0.15) is 0 Å². The number of phenolic OH excluding ortho intramolecular Hbond substituents is 1. The second-order valence-electron chi connectivity index (χ2n) is 4.23. The summed E-state index contributed by atoms with van der Waals surface area (Å²) < 4.78 is 0. The molecule has 0 bridgehead atoms. The zero-order valence-electron chi connectivity index (χ0n) is 10.6. The Morgan fingerprint density at radius 3 is 2.38 bits per heavy atom. The van der Waals surface area contributed by atoms with Crippen molar-refractivity contribution in [3.8, 4) is 5.75 Å². The molecule has 0 aromatic heterocycles. The molecular weight excluding hydrogens is 296 g/mol. The van der Waals surface area contributed by atoms with Gasteiger partial charge in [0.05, 0.1) is 16.8 Å². The molecule has 0 atom stereocenters. The molecule has 0 radical (unpaired) electrons. The Bertz CT molecular complexity index is 731. The lowest BCUT2D eigenvalue weighted by Crippen LogP contribution is -2.15. The van der Waals surface area contributed by atoms with Crippen LogP contribution in [0.15, 0.2) is 36.4 Å². The van der Waals surface area contributed by atoms with Crippen LogP contribution in [0.4, 0.5) is 11.4 Å². The zero-order valence-corrected chi connectivity index (χ0v) is 11.4. The van der Waals surface area contributed by atoms with Gasteiger partial charge in [0.1, 0.15) is 5.75 Å². The van der Waals surface area contributed by atoms with Gasteiger partial charge in [0, 0.05) is 10.7 Å². The number of carboxylic acid groups (broad SMARTS) is 1. The number of carbonyl (C=O) groups is 2. The molecule has 2 rings (SSSR count). The Labute approximate surface area is 124 Å². The van der Waals surface area contributed by atoms with Gasteiger partial charge in [-0.05, 0) is 36.4 Å². The van der Waals surface area contributed by atoms with Crippen molar-refractivity contribution < 1.29 is 19.8 Å². The van der Waals surface area contributed by atoms with Gasteiger partial charge in [-0.25, -0.2) is 4.79 Å². The van der Waals surface area contributed by atoms with E-state index in [4.69, 9.17) is 22.4 Å². The van der Waals surface area contributed by atoms with Crippen LogP contribution in [-0.4, -0.2) is 22.1 Å². The third-order valence-corrected chi connectivity index (χ3v) is 2.96. The number of anilines is 2. The first-order valence-corrected chi connectivity index (χ1v) is 6.19. The van der Waals surface area contributed by atoms with Crippen LogP contribution in [0, 0.1) is 0 Å². The minimum absolute atomic E-state index is 0.0295. The molecule has 0 heterocycles. The number of rotatable bonds is 3. The van der Waals surface area contributed by atoms with Crippen LogP contribution in [-0.2, 0) is 0 Å². The molecule has 6 nitrogen and oxygen atoms in total. The third-order valence-electron chi connectivity index (χ3n) is 2.73. The molecular formula is C14H11ClN2O4. The van der Waals surface area contributed by atoms with Gasteiger partial charge in [0.25, 0.3) is 5.91 Å². The number of aromatic carboxylic acids is 1. The number of nitrogen functional groups attached to an aromatic ring is 1. The van der Waals surface area contributed by atoms with Crippen LogP contribution in [0.25, 0.3) is 0 Å². The number of aromatic hydroxyl groups is 1. The molecule has 0 aliphatic heterocycles.